The second-order valence-electron chi connectivity index (χ2n) is 4.41. The summed E-state index contributed by atoms with van der Waals surface area (Å²) in [7, 11) is 0. The molecule has 0 bridgehead atoms. The van der Waals surface area contributed by atoms with Gasteiger partial charge in [0, 0.05) is 11.4 Å². The summed E-state index contributed by atoms with van der Waals surface area (Å²) in [6.45, 7) is 4.41. The van der Waals surface area contributed by atoms with Crippen LogP contribution in [0.15, 0.2) is 12.1 Å². The minimum Gasteiger partial charge on any atom is -0.398 e. The quantitative estimate of drug-likeness (QED) is 0.757. The topological polar surface area (TPSA) is 52.0 Å². The maximum Gasteiger partial charge on any atom is 0.0350 e. The van der Waals surface area contributed by atoms with Gasteiger partial charge < -0.3 is 11.5 Å². The van der Waals surface area contributed by atoms with Gasteiger partial charge in [-0.1, -0.05) is 26.7 Å². The van der Waals surface area contributed by atoms with E-state index in [1.54, 1.807) is 0 Å². The Morgan fingerprint density at radius 3 is 1.47 bits per heavy atom. The molecule has 2 nitrogen and oxygen atoms in total. The lowest BCUT2D eigenvalue weighted by Crippen LogP contribution is -2.04. The summed E-state index contributed by atoms with van der Waals surface area (Å²) < 4.78 is 0. The van der Waals surface area contributed by atoms with Crippen molar-refractivity contribution in [3.8, 4) is 0 Å². The molecule has 4 N–H and O–H groups in total. The first-order valence-corrected chi connectivity index (χ1v) is 6.36. The molecule has 0 aliphatic carbocycles. The lowest BCUT2D eigenvalue weighted by Gasteiger charge is -2.14. The van der Waals surface area contributed by atoms with Crippen LogP contribution in [0.4, 0.5) is 11.4 Å². The van der Waals surface area contributed by atoms with Crippen molar-refractivity contribution >= 4 is 23.8 Å². The lowest BCUT2D eigenvalue weighted by molar-refractivity contribution is 0.761. The van der Waals surface area contributed by atoms with Crippen LogP contribution < -0.4 is 11.5 Å². The first-order valence-electron chi connectivity index (χ1n) is 6.36. The third kappa shape index (κ3) is 4.47. The molecule has 0 heterocycles. The van der Waals surface area contributed by atoms with Gasteiger partial charge >= 0.3 is 0 Å². The van der Waals surface area contributed by atoms with Crippen LogP contribution in [0.25, 0.3) is 0 Å². The number of nitrogens with two attached hydrogens (primary N) is 2. The maximum atomic E-state index is 6.05. The highest BCUT2D eigenvalue weighted by Crippen LogP contribution is 2.26. The molecule has 0 aromatic heterocycles. The fourth-order valence-electron chi connectivity index (χ4n) is 2.03. The molecule has 0 aliphatic rings. The number of unbranched alkanes of at least 4 members (excludes halogenated alkanes) is 2. The highest BCUT2D eigenvalue weighted by atomic mass is 35.5. The Morgan fingerprint density at radius 1 is 0.824 bits per heavy atom. The van der Waals surface area contributed by atoms with E-state index in [1.165, 1.54) is 36.8 Å². The summed E-state index contributed by atoms with van der Waals surface area (Å²) in [4.78, 5) is 0. The van der Waals surface area contributed by atoms with Crippen molar-refractivity contribution < 1.29 is 0 Å². The molecule has 0 saturated carbocycles. The van der Waals surface area contributed by atoms with Crippen molar-refractivity contribution in [2.45, 2.75) is 52.4 Å². The average molecular weight is 257 g/mol. The van der Waals surface area contributed by atoms with E-state index in [2.05, 4.69) is 13.8 Å². The summed E-state index contributed by atoms with van der Waals surface area (Å²) >= 11 is 0. The van der Waals surface area contributed by atoms with E-state index in [9.17, 15) is 0 Å². The van der Waals surface area contributed by atoms with Crippen LogP contribution in [-0.2, 0) is 12.8 Å². The smallest absolute Gasteiger partial charge is 0.0350 e. The van der Waals surface area contributed by atoms with Gasteiger partial charge in [-0.3, -0.25) is 0 Å². The summed E-state index contributed by atoms with van der Waals surface area (Å²) in [5.74, 6) is 0. The highest BCUT2D eigenvalue weighted by molar-refractivity contribution is 5.85. The van der Waals surface area contributed by atoms with Crippen LogP contribution in [0.1, 0.15) is 50.7 Å². The Kier molecular flexibility index (Phi) is 7.81. The van der Waals surface area contributed by atoms with E-state index in [-0.39, 0.29) is 12.4 Å². The zero-order valence-electron chi connectivity index (χ0n) is 11.0. The van der Waals surface area contributed by atoms with Gasteiger partial charge in [0.05, 0.1) is 0 Å². The largest absolute Gasteiger partial charge is 0.398 e. The minimum absolute atomic E-state index is 0. The number of hydrogen-bond donors (Lipinski definition) is 2. The van der Waals surface area contributed by atoms with Crippen molar-refractivity contribution in [3.05, 3.63) is 23.3 Å². The highest BCUT2D eigenvalue weighted by Gasteiger charge is 2.09. The Labute approximate surface area is 111 Å². The Bertz CT molecular complexity index is 304. The predicted molar refractivity (Wildman–Crippen MR) is 79.7 cm³/mol. The molecule has 17 heavy (non-hydrogen) atoms. The Morgan fingerprint density at radius 2 is 1.18 bits per heavy atom. The Balaban J connectivity index is 0.00000256. The van der Waals surface area contributed by atoms with E-state index in [4.69, 9.17) is 11.5 Å². The van der Waals surface area contributed by atoms with Gasteiger partial charge in [0.15, 0.2) is 0 Å². The fraction of sp³-hybridized carbons (Fsp3) is 0.571. The van der Waals surface area contributed by atoms with Crippen LogP contribution in [0.2, 0.25) is 0 Å². The van der Waals surface area contributed by atoms with Crippen molar-refractivity contribution in [3.63, 3.8) is 0 Å². The van der Waals surface area contributed by atoms with Gasteiger partial charge in [0.25, 0.3) is 0 Å². The summed E-state index contributed by atoms with van der Waals surface area (Å²) in [6, 6.07) is 3.88. The second kappa shape index (κ2) is 8.24. The molecular formula is C14H25ClN2. The van der Waals surface area contributed by atoms with Crippen molar-refractivity contribution in [2.75, 3.05) is 11.5 Å². The molecule has 0 amide bonds. The average Bonchev–Trinajstić information content (AvgIpc) is 2.29. The van der Waals surface area contributed by atoms with Crippen molar-refractivity contribution in [1.82, 2.24) is 0 Å². The number of hydrogen-bond acceptors (Lipinski definition) is 2. The molecule has 1 rings (SSSR count). The standard InChI is InChI=1S/C14H24N2.ClH/c1-3-5-7-11-12(8-6-4-2)14(16)10-9-13(11)15;/h9-10H,3-8,15-16H2,1-2H3;1H. The van der Waals surface area contributed by atoms with Gasteiger partial charge in [-0.15, -0.1) is 12.4 Å². The number of nitrogen functional groups attached to an aromatic ring is 2. The number of benzene rings is 1. The third-order valence-electron chi connectivity index (χ3n) is 3.06. The van der Waals surface area contributed by atoms with Crippen LogP contribution in [0, 0.1) is 0 Å². The fourth-order valence-corrected chi connectivity index (χ4v) is 2.03. The number of halogens is 1. The van der Waals surface area contributed by atoms with E-state index in [0.29, 0.717) is 0 Å². The van der Waals surface area contributed by atoms with E-state index >= 15 is 0 Å². The van der Waals surface area contributed by atoms with Gasteiger partial charge in [-0.25, -0.2) is 0 Å². The number of rotatable bonds is 6. The summed E-state index contributed by atoms with van der Waals surface area (Å²) in [5, 5.41) is 0. The molecule has 0 spiro atoms. The molecule has 0 atom stereocenters. The summed E-state index contributed by atoms with van der Waals surface area (Å²) in [5.41, 5.74) is 16.5. The normalized spacial score (nSPS) is 10.0. The first-order chi connectivity index (χ1) is 7.70. The molecule has 0 fully saturated rings. The molecule has 1 aromatic rings. The van der Waals surface area contributed by atoms with Crippen LogP contribution >= 0.6 is 12.4 Å². The van der Waals surface area contributed by atoms with Crippen LogP contribution in [0.3, 0.4) is 0 Å². The maximum absolute atomic E-state index is 6.05. The summed E-state index contributed by atoms with van der Waals surface area (Å²) in [6.07, 6.45) is 6.89. The van der Waals surface area contributed by atoms with Gasteiger partial charge in [-0.05, 0) is 48.9 Å². The molecule has 1 aromatic carbocycles. The minimum atomic E-state index is 0. The molecule has 98 valence electrons. The zero-order chi connectivity index (χ0) is 12.0. The molecule has 0 saturated heterocycles. The third-order valence-corrected chi connectivity index (χ3v) is 3.06. The number of anilines is 2. The van der Waals surface area contributed by atoms with E-state index < -0.39 is 0 Å². The van der Waals surface area contributed by atoms with Crippen molar-refractivity contribution in [2.24, 2.45) is 0 Å². The molecule has 0 aliphatic heterocycles. The van der Waals surface area contributed by atoms with Crippen LogP contribution in [0.5, 0.6) is 0 Å². The lowest BCUT2D eigenvalue weighted by atomic mass is 9.95. The molecule has 3 heteroatoms. The first kappa shape index (κ1) is 16.1. The van der Waals surface area contributed by atoms with E-state index in [0.717, 1.165) is 24.2 Å². The van der Waals surface area contributed by atoms with Crippen LogP contribution in [-0.4, -0.2) is 0 Å². The monoisotopic (exact) mass is 256 g/mol. The predicted octanol–water partition coefficient (Wildman–Crippen LogP) is 3.96. The molecule has 0 unspecified atom stereocenters. The molecule has 0 radical (unpaired) electrons. The Hall–Kier alpha value is -0.890. The van der Waals surface area contributed by atoms with Crippen molar-refractivity contribution in [1.29, 1.82) is 0 Å². The second-order valence-corrected chi connectivity index (χ2v) is 4.41. The van der Waals surface area contributed by atoms with Gasteiger partial charge in [0.1, 0.15) is 0 Å². The SMILES string of the molecule is CCCCc1c(N)ccc(N)c1CCCC.Cl. The van der Waals surface area contributed by atoms with E-state index in [1.807, 2.05) is 12.1 Å². The zero-order valence-corrected chi connectivity index (χ0v) is 11.8. The van der Waals surface area contributed by atoms with Gasteiger partial charge in [-0.2, -0.15) is 0 Å². The molecular weight excluding hydrogens is 232 g/mol. The van der Waals surface area contributed by atoms with Gasteiger partial charge in [0.2, 0.25) is 0 Å².